The number of carbonyl (C=O) groups excluding carboxylic acids is 4. The second-order valence-electron chi connectivity index (χ2n) is 25.9. The Morgan fingerprint density at radius 1 is 0.400 bits per heavy atom. The molecule has 0 amide bonds. The van der Waals surface area contributed by atoms with E-state index in [4.69, 9.17) is 28.4 Å². The van der Waals surface area contributed by atoms with Crippen LogP contribution in [-0.4, -0.2) is 82.2 Å². The van der Waals surface area contributed by atoms with Crippen LogP contribution in [0.25, 0.3) is 0 Å². The molecule has 2 aromatic rings. The summed E-state index contributed by atoms with van der Waals surface area (Å²) >= 11 is 0. The number of nitrogens with zero attached hydrogens (tertiary/aromatic N) is 2. The molecule has 2 aliphatic heterocycles. The van der Waals surface area contributed by atoms with Crippen LogP contribution < -0.4 is 28.4 Å². The molecule has 450 valence electrons. The fourth-order valence-electron chi connectivity index (χ4n) is 12.5. The maximum absolute atomic E-state index is 15.9. The Bertz CT molecular complexity index is 2130. The number of benzene rings is 2. The van der Waals surface area contributed by atoms with Crippen LogP contribution in [0.15, 0.2) is 12.1 Å². The van der Waals surface area contributed by atoms with Gasteiger partial charge in [0.2, 0.25) is 11.5 Å². The van der Waals surface area contributed by atoms with Gasteiger partial charge in [-0.3, -0.25) is 19.2 Å². The number of unbranched alkanes of at least 4 members (excludes halogenated alkanes) is 20. The molecule has 0 spiro atoms. The zero-order chi connectivity index (χ0) is 58.7. The van der Waals surface area contributed by atoms with Gasteiger partial charge in [-0.15, -0.1) is 20.5 Å². The molecular weight excluding hydrogens is 1010 g/mol. The minimum Gasteiger partial charge on any atom is -0.490 e. The summed E-state index contributed by atoms with van der Waals surface area (Å²) in [6.45, 7) is 24.2. The van der Waals surface area contributed by atoms with Crippen LogP contribution in [0.2, 0.25) is 0 Å². The summed E-state index contributed by atoms with van der Waals surface area (Å²) in [7, 11) is 0. The molecule has 80 heavy (non-hydrogen) atoms. The van der Waals surface area contributed by atoms with Crippen molar-refractivity contribution in [2.24, 2.45) is 11.8 Å². The normalized spacial score (nSPS) is 17.9. The first-order valence-electron chi connectivity index (χ1n) is 31.5. The lowest BCUT2D eigenvalue weighted by Gasteiger charge is -2.49. The molecule has 0 atom stereocenters. The van der Waals surface area contributed by atoms with E-state index in [1.807, 2.05) is 55.4 Å². The number of fused-ring (bicyclic) bond motifs is 2. The van der Waals surface area contributed by atoms with Crippen LogP contribution in [0.4, 0.5) is 0 Å². The molecule has 3 aliphatic rings. The Balaban J connectivity index is 1.73. The highest BCUT2D eigenvalue weighted by molar-refractivity contribution is 6.31. The van der Waals surface area contributed by atoms with Crippen molar-refractivity contribution in [3.05, 3.63) is 34.4 Å². The van der Waals surface area contributed by atoms with Gasteiger partial charge in [-0.1, -0.05) is 156 Å². The summed E-state index contributed by atoms with van der Waals surface area (Å²) in [6.07, 6.45) is 24.7. The third-order valence-corrected chi connectivity index (χ3v) is 16.6. The Morgan fingerprint density at radius 2 is 0.650 bits per heavy atom. The molecule has 14 nitrogen and oxygen atoms in total. The van der Waals surface area contributed by atoms with Crippen molar-refractivity contribution in [3.8, 4) is 34.5 Å². The quantitative estimate of drug-likeness (QED) is 0.0307. The molecule has 2 fully saturated rings. The average molecular weight is 1120 g/mol. The zero-order valence-corrected chi connectivity index (χ0v) is 51.7. The molecule has 0 saturated carbocycles. The largest absolute Gasteiger partial charge is 0.490 e. The summed E-state index contributed by atoms with van der Waals surface area (Å²) < 4.78 is 39.6. The van der Waals surface area contributed by atoms with Crippen molar-refractivity contribution >= 4 is 23.5 Å². The summed E-state index contributed by atoms with van der Waals surface area (Å²) in [6, 6.07) is 3.04. The third-order valence-electron chi connectivity index (χ3n) is 16.6. The second kappa shape index (κ2) is 31.4. The number of piperidine rings is 2. The molecule has 2 saturated heterocycles. The molecule has 0 unspecified atom stereocenters. The van der Waals surface area contributed by atoms with Gasteiger partial charge in [-0.05, 0) is 119 Å². The van der Waals surface area contributed by atoms with Gasteiger partial charge in [0, 0.05) is 33.3 Å². The van der Waals surface area contributed by atoms with E-state index >= 15 is 9.59 Å². The smallest absolute Gasteiger partial charge is 0.314 e. The summed E-state index contributed by atoms with van der Waals surface area (Å²) in [5.74, 6) is -4.15. The number of rotatable bonds is 36. The zero-order valence-electron chi connectivity index (χ0n) is 51.7. The van der Waals surface area contributed by atoms with Crippen molar-refractivity contribution in [2.45, 2.75) is 285 Å². The molecular formula is C66H104N2O12. The Labute approximate surface area is 482 Å². The van der Waals surface area contributed by atoms with Crippen LogP contribution in [0.5, 0.6) is 34.5 Å². The van der Waals surface area contributed by atoms with E-state index in [1.165, 1.54) is 12.1 Å². The van der Waals surface area contributed by atoms with Crippen LogP contribution >= 0.6 is 0 Å². The van der Waals surface area contributed by atoms with Gasteiger partial charge < -0.3 is 28.4 Å². The molecule has 2 aromatic carbocycles. The highest BCUT2D eigenvalue weighted by Crippen LogP contribution is 2.53. The van der Waals surface area contributed by atoms with Crippen LogP contribution in [0.3, 0.4) is 0 Å². The lowest BCUT2D eigenvalue weighted by Crippen LogP contribution is -2.59. The topological polar surface area (TPSA) is 170 Å². The van der Waals surface area contributed by atoms with Gasteiger partial charge in [0.25, 0.3) is 0 Å². The van der Waals surface area contributed by atoms with E-state index in [2.05, 4.69) is 27.7 Å². The minimum absolute atomic E-state index is 0.0565. The van der Waals surface area contributed by atoms with E-state index in [9.17, 15) is 20.0 Å². The molecule has 14 heteroatoms. The van der Waals surface area contributed by atoms with Crippen LogP contribution in [-0.2, 0) is 20.0 Å². The van der Waals surface area contributed by atoms with E-state index in [-0.39, 0.29) is 109 Å². The standard InChI is InChI=1S/C66H104N2O12/c1-13-17-21-25-29-33-37-75-51-41-49-53(59(57(51)77-39-35-31-27-23-19-15-3)79-61(71)47-43-63(5,6)67(73)64(7,8)44-47)56(70)50-42-52(76-38-34-30-26-22-18-14-2)58(78-40-36-32-28-24-20-16-4)60(54(50)55(49)69)80-62(72)48-45-65(9,10)68(74)66(11,12)46-48/h41-42,47-48H,13-40,43-46H2,1-12H3. The first kappa shape index (κ1) is 66.6. The highest BCUT2D eigenvalue weighted by atomic mass is 16.6. The second-order valence-corrected chi connectivity index (χ2v) is 25.9. The van der Waals surface area contributed by atoms with E-state index < -0.39 is 57.5 Å². The van der Waals surface area contributed by atoms with Gasteiger partial charge >= 0.3 is 11.9 Å². The van der Waals surface area contributed by atoms with Crippen LogP contribution in [0, 0.1) is 11.8 Å². The van der Waals surface area contributed by atoms with E-state index in [0.29, 0.717) is 25.7 Å². The minimum atomic E-state index is -0.916. The van der Waals surface area contributed by atoms with Gasteiger partial charge in [0.05, 0.1) is 49.4 Å². The highest BCUT2D eigenvalue weighted by Gasteiger charge is 2.51. The summed E-state index contributed by atoms with van der Waals surface area (Å²) in [4.78, 5) is 61.6. The molecule has 1 aliphatic carbocycles. The lowest BCUT2D eigenvalue weighted by molar-refractivity contribution is -0.293. The fraction of sp³-hybridized carbons (Fsp3) is 0.758. The van der Waals surface area contributed by atoms with E-state index in [1.54, 1.807) is 0 Å². The summed E-state index contributed by atoms with van der Waals surface area (Å²) in [5, 5.41) is 29.2. The SMILES string of the molecule is CCCCCCCCOc1cc2c(c(OC(=O)C3CC(C)(C)N([O])C(C)(C)C3)c1OCCCCCCCC)C(=O)c1cc(OCCCCCCCC)c(OCCCCCCCC)c(OC(=O)C3CC(C)(C)N([O])C(C)(C)C3)c1C2=O. The van der Waals surface area contributed by atoms with Gasteiger partial charge in [0.1, 0.15) is 0 Å². The number of ketones is 2. The predicted molar refractivity (Wildman–Crippen MR) is 313 cm³/mol. The average Bonchev–Trinajstić information content (AvgIpc) is 3.59. The van der Waals surface area contributed by atoms with Crippen molar-refractivity contribution in [3.63, 3.8) is 0 Å². The number of esters is 2. The van der Waals surface area contributed by atoms with Gasteiger partial charge in [-0.25, -0.2) is 0 Å². The fourth-order valence-corrected chi connectivity index (χ4v) is 12.5. The molecule has 2 radical (unpaired) electrons. The maximum Gasteiger partial charge on any atom is 0.314 e. The number of hydrogen-bond donors (Lipinski definition) is 0. The number of hydrogen-bond acceptors (Lipinski definition) is 12. The predicted octanol–water partition coefficient (Wildman–Crippen LogP) is 16.5. The number of ether oxygens (including phenoxy) is 6. The van der Waals surface area contributed by atoms with Crippen molar-refractivity contribution in [1.82, 2.24) is 10.1 Å². The molecule has 0 bridgehead atoms. The first-order chi connectivity index (χ1) is 38.1. The molecule has 2 heterocycles. The van der Waals surface area contributed by atoms with Gasteiger partial charge in [-0.2, -0.15) is 0 Å². The van der Waals surface area contributed by atoms with Gasteiger partial charge in [0.15, 0.2) is 34.6 Å². The number of carbonyl (C=O) groups is 4. The number of hydroxylamine groups is 4. The molecule has 0 N–H and O–H groups in total. The first-order valence-corrected chi connectivity index (χ1v) is 31.5. The van der Waals surface area contributed by atoms with Crippen LogP contribution in [0.1, 0.15) is 295 Å². The van der Waals surface area contributed by atoms with Crippen molar-refractivity contribution in [1.29, 1.82) is 0 Å². The maximum atomic E-state index is 15.9. The van der Waals surface area contributed by atoms with Crippen molar-refractivity contribution < 1.29 is 58.0 Å². The Morgan fingerprint density at radius 3 is 0.925 bits per heavy atom. The van der Waals surface area contributed by atoms with Crippen molar-refractivity contribution in [2.75, 3.05) is 26.4 Å². The summed E-state index contributed by atoms with van der Waals surface area (Å²) in [5.41, 5.74) is -4.22. The third kappa shape index (κ3) is 17.9. The van der Waals surface area contributed by atoms with E-state index in [0.717, 1.165) is 139 Å². The Hall–Kier alpha value is -4.24. The lowest BCUT2D eigenvalue weighted by atomic mass is 9.75. The monoisotopic (exact) mass is 1120 g/mol. The Kier molecular flexibility index (Phi) is 26.1. The molecule has 5 rings (SSSR count). The molecule has 0 aromatic heterocycles.